The van der Waals surface area contributed by atoms with E-state index in [9.17, 15) is 0 Å². The summed E-state index contributed by atoms with van der Waals surface area (Å²) in [6.45, 7) is 0. The third kappa shape index (κ3) is 7.72. The van der Waals surface area contributed by atoms with Crippen molar-refractivity contribution in [2.24, 2.45) is 0 Å². The Morgan fingerprint density at radius 3 is 1.26 bits per heavy atom. The van der Waals surface area contributed by atoms with Crippen LogP contribution in [-0.4, -0.2) is 19.5 Å². The lowest BCUT2D eigenvalue weighted by Gasteiger charge is -2.12. The molecular weight excluding hydrogens is 901 g/mol. The van der Waals surface area contributed by atoms with Gasteiger partial charge < -0.3 is 8.98 Å². The molecule has 0 aliphatic heterocycles. The fourth-order valence-electron chi connectivity index (χ4n) is 10.6. The molecule has 0 spiro atoms. The normalized spacial score (nSPS) is 11.5. The highest BCUT2D eigenvalue weighted by Gasteiger charge is 2.22. The van der Waals surface area contributed by atoms with Crippen LogP contribution in [0.3, 0.4) is 0 Å². The van der Waals surface area contributed by atoms with Gasteiger partial charge in [0.15, 0.2) is 17.5 Å². The number of aromatic nitrogens is 4. The average Bonchev–Trinajstić information content (AvgIpc) is 4.06. The predicted molar refractivity (Wildman–Crippen MR) is 305 cm³/mol. The Bertz CT molecular complexity index is 4290. The molecule has 5 nitrogen and oxygen atoms in total. The molecule has 0 bridgehead atoms. The van der Waals surface area contributed by atoms with Gasteiger partial charge in [0.2, 0.25) is 0 Å². The first-order valence-corrected chi connectivity index (χ1v) is 25.0. The second kappa shape index (κ2) is 18.0. The van der Waals surface area contributed by atoms with Crippen molar-refractivity contribution in [1.29, 1.82) is 0 Å². The van der Waals surface area contributed by atoms with Crippen LogP contribution in [0.2, 0.25) is 0 Å². The molecule has 5 heteroatoms. The van der Waals surface area contributed by atoms with Gasteiger partial charge in [-0.05, 0) is 110 Å². The summed E-state index contributed by atoms with van der Waals surface area (Å²) in [4.78, 5) is 16.1. The molecular formula is C69H44N4O. The summed E-state index contributed by atoms with van der Waals surface area (Å²) in [6.07, 6.45) is 0. The molecule has 0 amide bonds. The zero-order valence-electron chi connectivity index (χ0n) is 40.1. The third-order valence-corrected chi connectivity index (χ3v) is 14.2. The Labute approximate surface area is 428 Å². The van der Waals surface area contributed by atoms with Crippen LogP contribution in [-0.2, 0) is 0 Å². The maximum atomic E-state index is 7.08. The van der Waals surface area contributed by atoms with E-state index in [1.807, 2.05) is 18.2 Å². The molecule has 0 saturated carbocycles. The largest absolute Gasteiger partial charge is 0.456 e. The first-order chi connectivity index (χ1) is 36.6. The van der Waals surface area contributed by atoms with Crippen LogP contribution < -0.4 is 0 Å². The van der Waals surface area contributed by atoms with Crippen LogP contribution >= 0.6 is 0 Å². The number of benzene rings is 11. The standard InChI is InChI=1S/C69H44N4O/c1-6-18-45(19-7-1)50-28-16-30-54(38-50)67-70-68(55-31-17-29-51(39-55)46-20-8-2-9-21-46)72-69(71-67)61-41-56(49-26-14-5-15-27-49)43-65-66(61)59-36-34-57(44-64(59)74-65)73-62-37-33-52(47-22-10-3-11-23-47)40-60(62)58-35-32-53(42-63(58)73)48-24-12-4-13-25-48/h1-44H. The fourth-order valence-corrected chi connectivity index (χ4v) is 10.6. The van der Waals surface area contributed by atoms with E-state index < -0.39 is 0 Å². The molecule has 14 aromatic rings. The molecule has 0 fully saturated rings. The quantitative estimate of drug-likeness (QED) is 0.145. The predicted octanol–water partition coefficient (Wildman–Crippen LogP) is 18.2. The van der Waals surface area contributed by atoms with Crippen LogP contribution in [0.25, 0.3) is 139 Å². The summed E-state index contributed by atoms with van der Waals surface area (Å²) in [5, 5.41) is 4.27. The highest BCUT2D eigenvalue weighted by Crippen LogP contribution is 2.43. The lowest BCUT2D eigenvalue weighted by Crippen LogP contribution is -2.01. The van der Waals surface area contributed by atoms with Gasteiger partial charge in [-0.15, -0.1) is 0 Å². The molecule has 74 heavy (non-hydrogen) atoms. The summed E-state index contributed by atoms with van der Waals surface area (Å²) in [6, 6.07) is 94.1. The number of furan rings is 1. The van der Waals surface area contributed by atoms with E-state index in [1.165, 1.54) is 27.5 Å². The van der Waals surface area contributed by atoms with Crippen molar-refractivity contribution in [2.45, 2.75) is 0 Å². The van der Waals surface area contributed by atoms with Gasteiger partial charge in [0, 0.05) is 50.0 Å². The Balaban J connectivity index is 0.991. The van der Waals surface area contributed by atoms with E-state index in [2.05, 4.69) is 253 Å². The number of rotatable bonds is 9. The monoisotopic (exact) mass is 944 g/mol. The molecule has 11 aromatic carbocycles. The van der Waals surface area contributed by atoms with Crippen molar-refractivity contribution < 1.29 is 4.42 Å². The molecule has 0 atom stereocenters. The molecule has 0 unspecified atom stereocenters. The maximum absolute atomic E-state index is 7.08. The smallest absolute Gasteiger partial charge is 0.164 e. The van der Waals surface area contributed by atoms with E-state index in [1.54, 1.807) is 0 Å². The second-order valence-corrected chi connectivity index (χ2v) is 18.8. The summed E-state index contributed by atoms with van der Waals surface area (Å²) in [5.74, 6) is 1.72. The van der Waals surface area contributed by atoms with Gasteiger partial charge in [0.25, 0.3) is 0 Å². The summed E-state index contributed by atoms with van der Waals surface area (Å²) in [7, 11) is 0. The highest BCUT2D eigenvalue weighted by atomic mass is 16.3. The molecule has 0 N–H and O–H groups in total. The van der Waals surface area contributed by atoms with Crippen molar-refractivity contribution in [3.63, 3.8) is 0 Å². The highest BCUT2D eigenvalue weighted by molar-refractivity contribution is 6.15. The van der Waals surface area contributed by atoms with Crippen molar-refractivity contribution in [1.82, 2.24) is 19.5 Å². The SMILES string of the molecule is c1ccc(-c2cccc(-c3nc(-c4cccc(-c5ccccc5)c4)nc(-c4cc(-c5ccccc5)cc5oc6cc(-n7c8ccc(-c9ccccc9)cc8c8ccc(-c9ccccc9)cc87)ccc6c45)n3)c2)cc1. The summed E-state index contributed by atoms with van der Waals surface area (Å²) in [5.41, 5.74) is 18.5. The zero-order valence-corrected chi connectivity index (χ0v) is 40.1. The third-order valence-electron chi connectivity index (χ3n) is 14.2. The summed E-state index contributed by atoms with van der Waals surface area (Å²) >= 11 is 0. The van der Waals surface area contributed by atoms with Crippen molar-refractivity contribution in [3.05, 3.63) is 267 Å². The molecule has 0 aliphatic carbocycles. The zero-order chi connectivity index (χ0) is 49.0. The van der Waals surface area contributed by atoms with Crippen LogP contribution in [0, 0.1) is 0 Å². The van der Waals surface area contributed by atoms with Gasteiger partial charge in [-0.25, -0.2) is 15.0 Å². The minimum atomic E-state index is 0.555. The van der Waals surface area contributed by atoms with E-state index in [-0.39, 0.29) is 0 Å². The van der Waals surface area contributed by atoms with Crippen molar-refractivity contribution in [3.8, 4) is 95.5 Å². The lowest BCUT2D eigenvalue weighted by molar-refractivity contribution is 0.669. The Hall–Kier alpha value is -9.97. The Morgan fingerprint density at radius 2 is 0.703 bits per heavy atom. The van der Waals surface area contributed by atoms with E-state index in [0.29, 0.717) is 17.5 Å². The molecule has 0 aliphatic rings. The first-order valence-electron chi connectivity index (χ1n) is 25.0. The number of hydrogen-bond donors (Lipinski definition) is 0. The van der Waals surface area contributed by atoms with Gasteiger partial charge in [-0.1, -0.05) is 206 Å². The Kier molecular flexibility index (Phi) is 10.4. The van der Waals surface area contributed by atoms with Crippen LogP contribution in [0.15, 0.2) is 271 Å². The number of hydrogen-bond acceptors (Lipinski definition) is 4. The van der Waals surface area contributed by atoms with E-state index in [4.69, 9.17) is 19.4 Å². The van der Waals surface area contributed by atoms with Crippen LogP contribution in [0.4, 0.5) is 0 Å². The second-order valence-electron chi connectivity index (χ2n) is 18.8. The molecule has 346 valence electrons. The van der Waals surface area contributed by atoms with Crippen LogP contribution in [0.1, 0.15) is 0 Å². The molecule has 0 saturated heterocycles. The van der Waals surface area contributed by atoms with Crippen molar-refractivity contribution >= 4 is 43.7 Å². The van der Waals surface area contributed by atoms with Gasteiger partial charge in [0.05, 0.1) is 11.0 Å². The molecule has 3 aromatic heterocycles. The van der Waals surface area contributed by atoms with Crippen molar-refractivity contribution in [2.75, 3.05) is 0 Å². The minimum Gasteiger partial charge on any atom is -0.456 e. The fraction of sp³-hybridized carbons (Fsp3) is 0. The minimum absolute atomic E-state index is 0.555. The topological polar surface area (TPSA) is 56.7 Å². The lowest BCUT2D eigenvalue weighted by atomic mass is 9.98. The summed E-state index contributed by atoms with van der Waals surface area (Å²) < 4.78 is 9.47. The van der Waals surface area contributed by atoms with E-state index in [0.717, 1.165) is 94.3 Å². The number of nitrogens with zero attached hydrogens (tertiary/aromatic N) is 4. The molecule has 0 radical (unpaired) electrons. The molecule has 3 heterocycles. The number of fused-ring (bicyclic) bond motifs is 6. The average molecular weight is 945 g/mol. The molecule has 14 rings (SSSR count). The van der Waals surface area contributed by atoms with Gasteiger partial charge in [0.1, 0.15) is 11.2 Å². The van der Waals surface area contributed by atoms with Gasteiger partial charge in [-0.3, -0.25) is 0 Å². The van der Waals surface area contributed by atoms with Gasteiger partial charge in [-0.2, -0.15) is 0 Å². The van der Waals surface area contributed by atoms with E-state index >= 15 is 0 Å². The maximum Gasteiger partial charge on any atom is 0.164 e. The Morgan fingerprint density at radius 1 is 0.257 bits per heavy atom. The first kappa shape index (κ1) is 42.9. The van der Waals surface area contributed by atoms with Gasteiger partial charge >= 0.3 is 0 Å². The van der Waals surface area contributed by atoms with Crippen LogP contribution in [0.5, 0.6) is 0 Å².